The Balaban J connectivity index is 1.64. The first-order valence-corrected chi connectivity index (χ1v) is 9.96. The van der Waals surface area contributed by atoms with E-state index in [1.165, 1.54) is 13.0 Å². The Morgan fingerprint density at radius 2 is 1.86 bits per heavy atom. The first kappa shape index (κ1) is 20.6. The number of rotatable bonds is 5. The molecule has 0 saturated carbocycles. The summed E-state index contributed by atoms with van der Waals surface area (Å²) in [4.78, 5) is 20.3. The molecule has 1 amide bonds. The predicted octanol–water partition coefficient (Wildman–Crippen LogP) is 3.07. The minimum absolute atomic E-state index is 0.0910. The number of nitrogens with zero attached hydrogens (tertiary/aromatic N) is 3. The molecular formula is C22H28FN5O. The third kappa shape index (κ3) is 5.70. The van der Waals surface area contributed by atoms with E-state index in [0.717, 1.165) is 49.9 Å². The van der Waals surface area contributed by atoms with Crippen LogP contribution in [0.25, 0.3) is 0 Å². The molecule has 29 heavy (non-hydrogen) atoms. The summed E-state index contributed by atoms with van der Waals surface area (Å²) in [5.41, 5.74) is 2.45. The van der Waals surface area contributed by atoms with Crippen molar-refractivity contribution in [2.24, 2.45) is 4.99 Å². The summed E-state index contributed by atoms with van der Waals surface area (Å²) >= 11 is 0. The SMILES string of the molecule is CCNC(=NCc1cccc(NC(C)=O)c1)N1CCN(c2ccccc2F)CC1. The second kappa shape index (κ2) is 9.91. The number of guanidine groups is 1. The number of para-hydroxylation sites is 1. The van der Waals surface area contributed by atoms with Gasteiger partial charge in [0.1, 0.15) is 5.82 Å². The maximum atomic E-state index is 14.1. The van der Waals surface area contributed by atoms with E-state index in [4.69, 9.17) is 4.99 Å². The molecule has 3 rings (SSSR count). The summed E-state index contributed by atoms with van der Waals surface area (Å²) in [6, 6.07) is 14.6. The molecule has 1 aliphatic heterocycles. The molecule has 1 saturated heterocycles. The van der Waals surface area contributed by atoms with E-state index in [1.807, 2.05) is 43.3 Å². The number of carbonyl (C=O) groups excluding carboxylic acids is 1. The van der Waals surface area contributed by atoms with Gasteiger partial charge in [0.05, 0.1) is 12.2 Å². The van der Waals surface area contributed by atoms with Crippen LogP contribution in [0.1, 0.15) is 19.4 Å². The quantitative estimate of drug-likeness (QED) is 0.601. The molecule has 0 unspecified atom stereocenters. The maximum Gasteiger partial charge on any atom is 0.221 e. The van der Waals surface area contributed by atoms with E-state index in [-0.39, 0.29) is 11.7 Å². The minimum atomic E-state index is -0.180. The highest BCUT2D eigenvalue weighted by Gasteiger charge is 2.21. The molecule has 2 aromatic carbocycles. The molecule has 154 valence electrons. The van der Waals surface area contributed by atoms with Gasteiger partial charge < -0.3 is 20.4 Å². The van der Waals surface area contributed by atoms with Crippen LogP contribution in [0.2, 0.25) is 0 Å². The number of piperazine rings is 1. The van der Waals surface area contributed by atoms with Gasteiger partial charge in [0, 0.05) is 45.3 Å². The van der Waals surface area contributed by atoms with Crippen molar-refractivity contribution < 1.29 is 9.18 Å². The monoisotopic (exact) mass is 397 g/mol. The van der Waals surface area contributed by atoms with Crippen molar-refractivity contribution >= 4 is 23.2 Å². The van der Waals surface area contributed by atoms with E-state index in [0.29, 0.717) is 12.2 Å². The van der Waals surface area contributed by atoms with Crippen LogP contribution >= 0.6 is 0 Å². The largest absolute Gasteiger partial charge is 0.366 e. The summed E-state index contributed by atoms with van der Waals surface area (Å²) in [6.45, 7) is 7.85. The van der Waals surface area contributed by atoms with Crippen LogP contribution in [0.15, 0.2) is 53.5 Å². The Labute approximate surface area is 171 Å². The van der Waals surface area contributed by atoms with Gasteiger partial charge >= 0.3 is 0 Å². The van der Waals surface area contributed by atoms with E-state index in [2.05, 4.69) is 20.4 Å². The molecule has 1 heterocycles. The normalized spacial score (nSPS) is 14.7. The molecule has 0 aliphatic carbocycles. The average molecular weight is 397 g/mol. The van der Waals surface area contributed by atoms with Gasteiger partial charge in [0.15, 0.2) is 5.96 Å². The summed E-state index contributed by atoms with van der Waals surface area (Å²) in [5, 5.41) is 6.15. The molecule has 0 atom stereocenters. The molecule has 2 aromatic rings. The number of benzene rings is 2. The van der Waals surface area contributed by atoms with Crippen LogP contribution in [-0.2, 0) is 11.3 Å². The van der Waals surface area contributed by atoms with Gasteiger partial charge in [-0.2, -0.15) is 0 Å². The first-order chi connectivity index (χ1) is 14.1. The van der Waals surface area contributed by atoms with E-state index in [9.17, 15) is 9.18 Å². The average Bonchev–Trinajstić information content (AvgIpc) is 2.71. The lowest BCUT2D eigenvalue weighted by molar-refractivity contribution is -0.114. The molecule has 7 heteroatoms. The molecule has 2 N–H and O–H groups in total. The van der Waals surface area contributed by atoms with E-state index < -0.39 is 0 Å². The van der Waals surface area contributed by atoms with Crippen LogP contribution in [0, 0.1) is 5.82 Å². The number of anilines is 2. The number of hydrogen-bond donors (Lipinski definition) is 2. The lowest BCUT2D eigenvalue weighted by atomic mass is 10.2. The molecule has 6 nitrogen and oxygen atoms in total. The van der Waals surface area contributed by atoms with Crippen molar-refractivity contribution in [1.29, 1.82) is 0 Å². The lowest BCUT2D eigenvalue weighted by Gasteiger charge is -2.37. The summed E-state index contributed by atoms with van der Waals surface area (Å²) in [7, 11) is 0. The van der Waals surface area contributed by atoms with Gasteiger partial charge in [0.25, 0.3) is 0 Å². The van der Waals surface area contributed by atoms with Crippen molar-refractivity contribution in [2.45, 2.75) is 20.4 Å². The lowest BCUT2D eigenvalue weighted by Crippen LogP contribution is -2.52. The fourth-order valence-corrected chi connectivity index (χ4v) is 3.41. The Hall–Kier alpha value is -3.09. The molecule has 0 bridgehead atoms. The standard InChI is InChI=1S/C22H28FN5O/c1-3-24-22(25-16-18-7-6-8-19(15-18)26-17(2)29)28-13-11-27(12-14-28)21-10-5-4-9-20(21)23/h4-10,15H,3,11-14,16H2,1-2H3,(H,24,25)(H,26,29). The highest BCUT2D eigenvalue weighted by Crippen LogP contribution is 2.20. The molecule has 0 spiro atoms. The predicted molar refractivity (Wildman–Crippen MR) is 116 cm³/mol. The van der Waals surface area contributed by atoms with Crippen molar-refractivity contribution in [3.05, 3.63) is 59.9 Å². The Kier molecular flexibility index (Phi) is 7.05. The number of hydrogen-bond acceptors (Lipinski definition) is 3. The summed E-state index contributed by atoms with van der Waals surface area (Å²) in [6.07, 6.45) is 0. The van der Waals surface area contributed by atoms with E-state index in [1.54, 1.807) is 6.07 Å². The Bertz CT molecular complexity index is 862. The molecule has 1 aliphatic rings. The highest BCUT2D eigenvalue weighted by atomic mass is 19.1. The van der Waals surface area contributed by atoms with Crippen LogP contribution in [0.4, 0.5) is 15.8 Å². The minimum Gasteiger partial charge on any atom is -0.366 e. The highest BCUT2D eigenvalue weighted by molar-refractivity contribution is 5.88. The van der Waals surface area contributed by atoms with Crippen molar-refractivity contribution in [3.63, 3.8) is 0 Å². The fraction of sp³-hybridized carbons (Fsp3) is 0.364. The second-order valence-electron chi connectivity index (χ2n) is 6.98. The number of amides is 1. The first-order valence-electron chi connectivity index (χ1n) is 9.96. The number of carbonyl (C=O) groups is 1. The van der Waals surface area contributed by atoms with Gasteiger partial charge in [-0.25, -0.2) is 9.38 Å². The van der Waals surface area contributed by atoms with Crippen LogP contribution in [0.3, 0.4) is 0 Å². The van der Waals surface area contributed by atoms with Crippen molar-refractivity contribution in [3.8, 4) is 0 Å². The van der Waals surface area contributed by atoms with Gasteiger partial charge in [-0.3, -0.25) is 4.79 Å². The van der Waals surface area contributed by atoms with Crippen LogP contribution in [0.5, 0.6) is 0 Å². The van der Waals surface area contributed by atoms with Gasteiger partial charge in [-0.1, -0.05) is 24.3 Å². The third-order valence-electron chi connectivity index (χ3n) is 4.77. The van der Waals surface area contributed by atoms with Crippen LogP contribution in [-0.4, -0.2) is 49.5 Å². The molecule has 1 fully saturated rings. The maximum absolute atomic E-state index is 14.1. The zero-order valence-corrected chi connectivity index (χ0v) is 17.0. The van der Waals surface area contributed by atoms with Gasteiger partial charge in [-0.05, 0) is 36.8 Å². The molecule has 0 radical (unpaired) electrons. The van der Waals surface area contributed by atoms with Gasteiger partial charge in [0.2, 0.25) is 5.91 Å². The molecular weight excluding hydrogens is 369 g/mol. The zero-order chi connectivity index (χ0) is 20.6. The summed E-state index contributed by atoms with van der Waals surface area (Å²) in [5.74, 6) is 0.581. The molecule has 0 aromatic heterocycles. The second-order valence-corrected chi connectivity index (χ2v) is 6.98. The number of halogens is 1. The van der Waals surface area contributed by atoms with Gasteiger partial charge in [-0.15, -0.1) is 0 Å². The third-order valence-corrected chi connectivity index (χ3v) is 4.77. The topological polar surface area (TPSA) is 60.0 Å². The Morgan fingerprint density at radius 3 is 2.55 bits per heavy atom. The zero-order valence-electron chi connectivity index (χ0n) is 17.0. The van der Waals surface area contributed by atoms with Crippen LogP contribution < -0.4 is 15.5 Å². The fourth-order valence-electron chi connectivity index (χ4n) is 3.41. The smallest absolute Gasteiger partial charge is 0.221 e. The number of nitrogens with one attached hydrogen (secondary N) is 2. The van der Waals surface area contributed by atoms with Crippen molar-refractivity contribution in [2.75, 3.05) is 42.9 Å². The number of aliphatic imine (C=N–C) groups is 1. The van der Waals surface area contributed by atoms with E-state index >= 15 is 0 Å². The van der Waals surface area contributed by atoms with Crippen molar-refractivity contribution in [1.82, 2.24) is 10.2 Å². The summed E-state index contributed by atoms with van der Waals surface area (Å²) < 4.78 is 14.1. The Morgan fingerprint density at radius 1 is 1.10 bits per heavy atom.